The van der Waals surface area contributed by atoms with Crippen molar-refractivity contribution in [3.63, 3.8) is 0 Å². The highest BCUT2D eigenvalue weighted by molar-refractivity contribution is 5.92. The molecule has 1 N–H and O–H groups in total. The minimum atomic E-state index is 0.0137. The van der Waals surface area contributed by atoms with E-state index in [0.29, 0.717) is 24.3 Å². The fourth-order valence-corrected chi connectivity index (χ4v) is 2.87. The molecule has 0 heterocycles. The number of carbonyl (C=O) groups is 1. The number of methoxy groups -OCH3 is 2. The van der Waals surface area contributed by atoms with Crippen molar-refractivity contribution in [2.75, 3.05) is 19.5 Å². The standard InChI is InChI=1S/C20H25NO3/c1-13-10-14(2)20(15(3)11-13)21-19(22)9-7-16-6-8-17(23-4)18(12-16)24-5/h6,8,10-12H,7,9H2,1-5H3,(H,21,22). The van der Waals surface area contributed by atoms with Crippen LogP contribution in [0.15, 0.2) is 30.3 Å². The van der Waals surface area contributed by atoms with Crippen LogP contribution in [0.1, 0.15) is 28.7 Å². The van der Waals surface area contributed by atoms with E-state index in [2.05, 4.69) is 24.4 Å². The van der Waals surface area contributed by atoms with Gasteiger partial charge in [0.15, 0.2) is 11.5 Å². The SMILES string of the molecule is COc1ccc(CCC(=O)Nc2c(C)cc(C)cc2C)cc1OC. The zero-order chi connectivity index (χ0) is 17.7. The number of amides is 1. The molecule has 0 fully saturated rings. The topological polar surface area (TPSA) is 47.6 Å². The molecule has 2 aromatic rings. The number of nitrogens with one attached hydrogen (secondary N) is 1. The average molecular weight is 327 g/mol. The molecule has 24 heavy (non-hydrogen) atoms. The van der Waals surface area contributed by atoms with Crippen LogP contribution in [0.5, 0.6) is 11.5 Å². The summed E-state index contributed by atoms with van der Waals surface area (Å²) in [5.74, 6) is 1.39. The summed E-state index contributed by atoms with van der Waals surface area (Å²) in [4.78, 5) is 12.3. The molecule has 128 valence electrons. The van der Waals surface area contributed by atoms with Crippen molar-refractivity contribution in [2.45, 2.75) is 33.6 Å². The third-order valence-corrected chi connectivity index (χ3v) is 4.03. The minimum Gasteiger partial charge on any atom is -0.493 e. The number of rotatable bonds is 6. The Balaban J connectivity index is 2.01. The molecule has 0 unspecified atom stereocenters. The molecule has 0 atom stereocenters. The molecule has 0 saturated carbocycles. The molecule has 0 saturated heterocycles. The lowest BCUT2D eigenvalue weighted by molar-refractivity contribution is -0.116. The molecular formula is C20H25NO3. The molecule has 1 amide bonds. The molecule has 0 aliphatic rings. The van der Waals surface area contributed by atoms with Crippen LogP contribution in [0.2, 0.25) is 0 Å². The molecule has 4 heteroatoms. The van der Waals surface area contributed by atoms with Crippen LogP contribution < -0.4 is 14.8 Å². The summed E-state index contributed by atoms with van der Waals surface area (Å²) >= 11 is 0. The van der Waals surface area contributed by atoms with E-state index in [0.717, 1.165) is 22.4 Å². The van der Waals surface area contributed by atoms with E-state index in [4.69, 9.17) is 9.47 Å². The monoisotopic (exact) mass is 327 g/mol. The van der Waals surface area contributed by atoms with E-state index in [1.165, 1.54) is 5.56 Å². The summed E-state index contributed by atoms with van der Waals surface area (Å²) in [5.41, 5.74) is 5.34. The molecule has 0 radical (unpaired) electrons. The number of hydrogen-bond acceptors (Lipinski definition) is 3. The maximum absolute atomic E-state index is 12.3. The smallest absolute Gasteiger partial charge is 0.224 e. The number of aryl methyl sites for hydroxylation is 4. The maximum atomic E-state index is 12.3. The van der Waals surface area contributed by atoms with E-state index in [9.17, 15) is 4.79 Å². The van der Waals surface area contributed by atoms with Crippen molar-refractivity contribution in [3.05, 3.63) is 52.6 Å². The van der Waals surface area contributed by atoms with Gasteiger partial charge in [0, 0.05) is 12.1 Å². The number of carbonyl (C=O) groups excluding carboxylic acids is 1. The van der Waals surface area contributed by atoms with Crippen LogP contribution in [0.4, 0.5) is 5.69 Å². The van der Waals surface area contributed by atoms with Crippen molar-refractivity contribution in [1.29, 1.82) is 0 Å². The van der Waals surface area contributed by atoms with E-state index in [1.807, 2.05) is 32.0 Å². The van der Waals surface area contributed by atoms with Gasteiger partial charge in [-0.15, -0.1) is 0 Å². The fraction of sp³-hybridized carbons (Fsp3) is 0.350. The predicted octanol–water partition coefficient (Wildman–Crippen LogP) is 4.20. The lowest BCUT2D eigenvalue weighted by atomic mass is 10.0. The van der Waals surface area contributed by atoms with E-state index in [-0.39, 0.29) is 5.91 Å². The lowest BCUT2D eigenvalue weighted by Crippen LogP contribution is -2.14. The lowest BCUT2D eigenvalue weighted by Gasteiger charge is -2.13. The first-order chi connectivity index (χ1) is 11.4. The molecule has 0 aromatic heterocycles. The van der Waals surface area contributed by atoms with Gasteiger partial charge in [0.25, 0.3) is 0 Å². The second-order valence-electron chi connectivity index (χ2n) is 6.01. The Morgan fingerprint density at radius 1 is 0.958 bits per heavy atom. The largest absolute Gasteiger partial charge is 0.493 e. The molecule has 0 aliphatic carbocycles. The quantitative estimate of drug-likeness (QED) is 0.865. The zero-order valence-electron chi connectivity index (χ0n) is 15.0. The van der Waals surface area contributed by atoms with Crippen LogP contribution in [0.25, 0.3) is 0 Å². The van der Waals surface area contributed by atoms with Crippen LogP contribution in [0, 0.1) is 20.8 Å². The normalized spacial score (nSPS) is 10.4. The molecule has 0 aliphatic heterocycles. The highest BCUT2D eigenvalue weighted by Gasteiger charge is 2.10. The van der Waals surface area contributed by atoms with Gasteiger partial charge in [-0.2, -0.15) is 0 Å². The summed E-state index contributed by atoms with van der Waals surface area (Å²) < 4.78 is 10.5. The van der Waals surface area contributed by atoms with Gasteiger partial charge in [-0.1, -0.05) is 23.8 Å². The van der Waals surface area contributed by atoms with Crippen LogP contribution in [-0.2, 0) is 11.2 Å². The van der Waals surface area contributed by atoms with Gasteiger partial charge in [-0.05, 0) is 56.0 Å². The van der Waals surface area contributed by atoms with Gasteiger partial charge >= 0.3 is 0 Å². The number of ether oxygens (including phenoxy) is 2. The molecule has 0 bridgehead atoms. The van der Waals surface area contributed by atoms with Gasteiger partial charge < -0.3 is 14.8 Å². The Morgan fingerprint density at radius 3 is 2.17 bits per heavy atom. The highest BCUT2D eigenvalue weighted by Crippen LogP contribution is 2.28. The van der Waals surface area contributed by atoms with Crippen molar-refractivity contribution in [2.24, 2.45) is 0 Å². The second kappa shape index (κ2) is 7.86. The Morgan fingerprint density at radius 2 is 1.58 bits per heavy atom. The Kier molecular flexibility index (Phi) is 5.85. The van der Waals surface area contributed by atoms with Crippen LogP contribution in [-0.4, -0.2) is 20.1 Å². The third-order valence-electron chi connectivity index (χ3n) is 4.03. The average Bonchev–Trinajstić information content (AvgIpc) is 2.55. The van der Waals surface area contributed by atoms with Crippen molar-refractivity contribution >= 4 is 11.6 Å². The van der Waals surface area contributed by atoms with Gasteiger partial charge in [0.05, 0.1) is 14.2 Å². The van der Waals surface area contributed by atoms with Crippen molar-refractivity contribution in [1.82, 2.24) is 0 Å². The van der Waals surface area contributed by atoms with E-state index in [1.54, 1.807) is 14.2 Å². The highest BCUT2D eigenvalue weighted by atomic mass is 16.5. The van der Waals surface area contributed by atoms with Crippen molar-refractivity contribution < 1.29 is 14.3 Å². The first-order valence-corrected chi connectivity index (χ1v) is 8.03. The molecule has 0 spiro atoms. The summed E-state index contributed by atoms with van der Waals surface area (Å²) in [7, 11) is 3.22. The molecular weight excluding hydrogens is 302 g/mol. The Bertz CT molecular complexity index is 715. The van der Waals surface area contributed by atoms with Crippen molar-refractivity contribution in [3.8, 4) is 11.5 Å². The zero-order valence-corrected chi connectivity index (χ0v) is 15.0. The first kappa shape index (κ1) is 17.9. The summed E-state index contributed by atoms with van der Waals surface area (Å²) in [6, 6.07) is 9.89. The number of hydrogen-bond donors (Lipinski definition) is 1. The van der Waals surface area contributed by atoms with Gasteiger partial charge in [0.1, 0.15) is 0 Å². The fourth-order valence-electron chi connectivity index (χ4n) is 2.87. The van der Waals surface area contributed by atoms with Gasteiger partial charge in [-0.3, -0.25) is 4.79 Å². The Labute approximate surface area is 143 Å². The van der Waals surface area contributed by atoms with Gasteiger partial charge in [-0.25, -0.2) is 0 Å². The maximum Gasteiger partial charge on any atom is 0.224 e. The first-order valence-electron chi connectivity index (χ1n) is 8.03. The minimum absolute atomic E-state index is 0.0137. The predicted molar refractivity (Wildman–Crippen MR) is 97.1 cm³/mol. The third kappa shape index (κ3) is 4.28. The van der Waals surface area contributed by atoms with E-state index < -0.39 is 0 Å². The van der Waals surface area contributed by atoms with E-state index >= 15 is 0 Å². The summed E-state index contributed by atoms with van der Waals surface area (Å²) in [5, 5.41) is 3.03. The van der Waals surface area contributed by atoms with Crippen LogP contribution >= 0.6 is 0 Å². The number of benzene rings is 2. The molecule has 4 nitrogen and oxygen atoms in total. The molecule has 2 rings (SSSR count). The second-order valence-corrected chi connectivity index (χ2v) is 6.01. The summed E-state index contributed by atoms with van der Waals surface area (Å²) in [6.07, 6.45) is 1.07. The summed E-state index contributed by atoms with van der Waals surface area (Å²) in [6.45, 7) is 6.09. The number of anilines is 1. The van der Waals surface area contributed by atoms with Crippen LogP contribution in [0.3, 0.4) is 0 Å². The van der Waals surface area contributed by atoms with Gasteiger partial charge in [0.2, 0.25) is 5.91 Å². The Hall–Kier alpha value is -2.49. The molecule has 2 aromatic carbocycles.